The Bertz CT molecular complexity index is 686. The Morgan fingerprint density at radius 1 is 1.44 bits per heavy atom. The Balaban J connectivity index is 1.74. The van der Waals surface area contributed by atoms with Crippen LogP contribution < -0.4 is 10.8 Å². The zero-order valence-electron chi connectivity index (χ0n) is 15.4. The van der Waals surface area contributed by atoms with E-state index < -0.39 is 17.9 Å². The molecule has 2 fully saturated rings. The Hall–Kier alpha value is -2.42. The monoisotopic (exact) mass is 378 g/mol. The summed E-state index contributed by atoms with van der Waals surface area (Å²) in [5.41, 5.74) is 1.62. The van der Waals surface area contributed by atoms with E-state index in [2.05, 4.69) is 10.3 Å². The van der Waals surface area contributed by atoms with Gasteiger partial charge in [-0.05, 0) is 31.1 Å². The van der Waals surface area contributed by atoms with E-state index in [-0.39, 0.29) is 29.7 Å². The van der Waals surface area contributed by atoms with Gasteiger partial charge in [0.1, 0.15) is 12.3 Å². The van der Waals surface area contributed by atoms with Gasteiger partial charge in [-0.15, -0.1) is 0 Å². The molecule has 3 N–H and O–H groups in total. The maximum atomic E-state index is 13.2. The standard InChI is InChI=1S/C18H26N4O5/c1-2-3-4-12(9-14(23)21-26)16(25)22-11-18(5-6-18)10-13(22)15(24)20-17-19-7-8-27-17/h7-8,12-13,26H,2-6,9-11H2,1H3,(H,21,23)(H,19,20,24). The molecule has 2 atom stereocenters. The summed E-state index contributed by atoms with van der Waals surface area (Å²) in [6.45, 7) is 2.54. The van der Waals surface area contributed by atoms with Crippen molar-refractivity contribution in [3.8, 4) is 0 Å². The van der Waals surface area contributed by atoms with Crippen molar-refractivity contribution in [3.05, 3.63) is 12.5 Å². The van der Waals surface area contributed by atoms with E-state index in [1.54, 1.807) is 10.4 Å². The number of anilines is 1. The maximum Gasteiger partial charge on any atom is 0.301 e. The molecule has 0 bridgehead atoms. The molecule has 1 aromatic rings. The zero-order chi connectivity index (χ0) is 19.4. The molecule has 2 aliphatic rings. The number of aromatic nitrogens is 1. The van der Waals surface area contributed by atoms with Gasteiger partial charge in [-0.3, -0.25) is 24.9 Å². The number of oxazole rings is 1. The number of hydroxylamine groups is 1. The number of nitrogens with zero attached hydrogens (tertiary/aromatic N) is 2. The first-order valence-electron chi connectivity index (χ1n) is 9.42. The summed E-state index contributed by atoms with van der Waals surface area (Å²) in [4.78, 5) is 43.1. The number of hydrogen-bond acceptors (Lipinski definition) is 6. The molecule has 1 aromatic heterocycles. The first-order chi connectivity index (χ1) is 13.0. The average molecular weight is 378 g/mol. The second-order valence-electron chi connectivity index (χ2n) is 7.59. The minimum absolute atomic E-state index is 0.0167. The fourth-order valence-electron chi connectivity index (χ4n) is 3.80. The highest BCUT2D eigenvalue weighted by atomic mass is 16.5. The molecule has 1 aliphatic carbocycles. The second kappa shape index (κ2) is 8.08. The summed E-state index contributed by atoms with van der Waals surface area (Å²) in [7, 11) is 0. The van der Waals surface area contributed by atoms with E-state index in [4.69, 9.17) is 9.62 Å². The van der Waals surface area contributed by atoms with Gasteiger partial charge >= 0.3 is 6.01 Å². The van der Waals surface area contributed by atoms with Gasteiger partial charge in [0.25, 0.3) is 5.91 Å². The maximum absolute atomic E-state index is 13.2. The van der Waals surface area contributed by atoms with Gasteiger partial charge in [0, 0.05) is 18.9 Å². The van der Waals surface area contributed by atoms with Crippen LogP contribution in [0.5, 0.6) is 0 Å². The molecule has 148 valence electrons. The smallest absolute Gasteiger partial charge is 0.301 e. The van der Waals surface area contributed by atoms with Gasteiger partial charge in [-0.1, -0.05) is 19.8 Å². The summed E-state index contributed by atoms with van der Waals surface area (Å²) >= 11 is 0. The molecule has 0 radical (unpaired) electrons. The van der Waals surface area contributed by atoms with E-state index in [1.807, 2.05) is 6.92 Å². The molecule has 27 heavy (non-hydrogen) atoms. The van der Waals surface area contributed by atoms with Crippen molar-refractivity contribution in [3.63, 3.8) is 0 Å². The second-order valence-corrected chi connectivity index (χ2v) is 7.59. The van der Waals surface area contributed by atoms with Crippen LogP contribution in [0.4, 0.5) is 6.01 Å². The van der Waals surface area contributed by atoms with Gasteiger partial charge in [0.2, 0.25) is 11.8 Å². The Morgan fingerprint density at radius 2 is 2.22 bits per heavy atom. The van der Waals surface area contributed by atoms with Crippen LogP contribution in [-0.2, 0) is 14.4 Å². The fraction of sp³-hybridized carbons (Fsp3) is 0.667. The highest BCUT2D eigenvalue weighted by Gasteiger charge is 2.55. The van der Waals surface area contributed by atoms with E-state index in [0.29, 0.717) is 19.4 Å². The molecule has 2 unspecified atom stereocenters. The molecule has 2 heterocycles. The number of likely N-dealkylation sites (tertiary alicyclic amines) is 1. The van der Waals surface area contributed by atoms with E-state index in [9.17, 15) is 14.4 Å². The molecular weight excluding hydrogens is 352 g/mol. The van der Waals surface area contributed by atoms with Gasteiger partial charge in [0.15, 0.2) is 0 Å². The SMILES string of the molecule is CCCCC(CC(=O)NO)C(=O)N1CC2(CC2)CC1C(=O)Nc1ncco1. The number of carbonyl (C=O) groups is 3. The van der Waals surface area contributed by atoms with E-state index >= 15 is 0 Å². The number of amides is 3. The third kappa shape index (κ3) is 4.47. The summed E-state index contributed by atoms with van der Waals surface area (Å²) in [5.74, 6) is -1.67. The van der Waals surface area contributed by atoms with Crippen LogP contribution in [0.15, 0.2) is 16.9 Å². The third-order valence-corrected chi connectivity index (χ3v) is 5.53. The van der Waals surface area contributed by atoms with Gasteiger partial charge in [0.05, 0.1) is 6.20 Å². The average Bonchev–Trinajstić information content (AvgIpc) is 3.05. The highest BCUT2D eigenvalue weighted by Crippen LogP contribution is 2.55. The lowest BCUT2D eigenvalue weighted by Crippen LogP contribution is -2.46. The number of unbranched alkanes of at least 4 members (excludes halogenated alkanes) is 1. The molecule has 3 rings (SSSR count). The minimum Gasteiger partial charge on any atom is -0.432 e. The number of carbonyl (C=O) groups excluding carboxylic acids is 3. The molecule has 0 aromatic carbocycles. The van der Waals surface area contributed by atoms with E-state index in [1.165, 1.54) is 12.5 Å². The zero-order valence-corrected chi connectivity index (χ0v) is 15.4. The predicted molar refractivity (Wildman–Crippen MR) is 94.5 cm³/mol. The lowest BCUT2D eigenvalue weighted by molar-refractivity contribution is -0.143. The molecule has 1 saturated carbocycles. The van der Waals surface area contributed by atoms with Crippen molar-refractivity contribution >= 4 is 23.7 Å². The largest absolute Gasteiger partial charge is 0.432 e. The molecule has 3 amide bonds. The van der Waals surface area contributed by atoms with Gasteiger partial charge in [-0.25, -0.2) is 10.5 Å². The van der Waals surface area contributed by atoms with Crippen molar-refractivity contribution in [1.29, 1.82) is 0 Å². The van der Waals surface area contributed by atoms with Crippen LogP contribution in [0.3, 0.4) is 0 Å². The number of rotatable bonds is 8. The third-order valence-electron chi connectivity index (χ3n) is 5.53. The molecule has 1 saturated heterocycles. The summed E-state index contributed by atoms with van der Waals surface area (Å²) < 4.78 is 5.07. The first kappa shape index (κ1) is 19.3. The van der Waals surface area contributed by atoms with Gasteiger partial charge < -0.3 is 9.32 Å². The summed E-state index contributed by atoms with van der Waals surface area (Å²) in [6.07, 6.45) is 7.54. The summed E-state index contributed by atoms with van der Waals surface area (Å²) in [5, 5.41) is 11.4. The van der Waals surface area contributed by atoms with Crippen molar-refractivity contribution in [2.24, 2.45) is 11.3 Å². The number of nitrogens with one attached hydrogen (secondary N) is 2. The topological polar surface area (TPSA) is 125 Å². The fourth-order valence-corrected chi connectivity index (χ4v) is 3.80. The Kier molecular flexibility index (Phi) is 5.79. The lowest BCUT2D eigenvalue weighted by Gasteiger charge is -2.27. The molecular formula is C18H26N4O5. The first-order valence-corrected chi connectivity index (χ1v) is 9.42. The van der Waals surface area contributed by atoms with Crippen LogP contribution in [0.2, 0.25) is 0 Å². The summed E-state index contributed by atoms with van der Waals surface area (Å²) in [6, 6.07) is -0.500. The van der Waals surface area contributed by atoms with Crippen molar-refractivity contribution < 1.29 is 24.0 Å². The quantitative estimate of drug-likeness (QED) is 0.467. The number of hydrogen-bond donors (Lipinski definition) is 3. The van der Waals surface area contributed by atoms with Gasteiger partial charge in [-0.2, -0.15) is 0 Å². The van der Waals surface area contributed by atoms with Crippen LogP contribution in [0, 0.1) is 11.3 Å². The lowest BCUT2D eigenvalue weighted by atomic mass is 9.96. The predicted octanol–water partition coefficient (Wildman–Crippen LogP) is 1.70. The minimum atomic E-state index is -0.604. The van der Waals surface area contributed by atoms with Crippen LogP contribution >= 0.6 is 0 Å². The Morgan fingerprint density at radius 3 is 2.81 bits per heavy atom. The van der Waals surface area contributed by atoms with Crippen molar-refractivity contribution in [1.82, 2.24) is 15.4 Å². The van der Waals surface area contributed by atoms with Crippen LogP contribution in [-0.4, -0.2) is 45.4 Å². The Labute approximate surface area is 157 Å². The molecule has 9 heteroatoms. The molecule has 1 spiro atoms. The van der Waals surface area contributed by atoms with E-state index in [0.717, 1.165) is 25.7 Å². The van der Waals surface area contributed by atoms with Crippen LogP contribution in [0.25, 0.3) is 0 Å². The normalized spacial score (nSPS) is 21.1. The highest BCUT2D eigenvalue weighted by molar-refractivity contribution is 5.97. The molecule has 9 nitrogen and oxygen atoms in total. The molecule has 1 aliphatic heterocycles. The van der Waals surface area contributed by atoms with Crippen molar-refractivity contribution in [2.75, 3.05) is 11.9 Å². The van der Waals surface area contributed by atoms with Crippen LogP contribution in [0.1, 0.15) is 51.9 Å². The van der Waals surface area contributed by atoms with Crippen molar-refractivity contribution in [2.45, 2.75) is 57.9 Å².